The number of carbonyl (C=O) groups is 2. The maximum Gasteiger partial charge on any atom is 0.326 e. The summed E-state index contributed by atoms with van der Waals surface area (Å²) < 4.78 is 0.0811. The summed E-state index contributed by atoms with van der Waals surface area (Å²) in [6.07, 6.45) is 2.25. The van der Waals surface area contributed by atoms with Gasteiger partial charge < -0.3 is 15.7 Å². The fraction of sp³-hybridized carbons (Fsp3) is 0.846. The zero-order valence-electron chi connectivity index (χ0n) is 12.1. The van der Waals surface area contributed by atoms with Gasteiger partial charge in [0.15, 0.2) is 0 Å². The molecule has 1 fully saturated rings. The second-order valence-corrected chi connectivity index (χ2v) is 8.05. The van der Waals surface area contributed by atoms with E-state index in [-0.39, 0.29) is 4.75 Å². The number of carboxylic acids is 1. The van der Waals surface area contributed by atoms with E-state index >= 15 is 0 Å². The molecule has 110 valence electrons. The lowest BCUT2D eigenvalue weighted by molar-refractivity contribution is -0.141. The molecule has 0 aliphatic carbocycles. The largest absolute Gasteiger partial charge is 0.480 e. The molecule has 0 saturated carbocycles. The summed E-state index contributed by atoms with van der Waals surface area (Å²) in [5.74, 6) is 0.114. The first-order valence-corrected chi connectivity index (χ1v) is 7.54. The van der Waals surface area contributed by atoms with E-state index < -0.39 is 23.5 Å². The van der Waals surface area contributed by atoms with Gasteiger partial charge in [-0.25, -0.2) is 9.59 Å². The first-order valence-electron chi connectivity index (χ1n) is 6.55. The SMILES string of the molecule is CC1(CNC(=O)N[C@@H](C(=O)O)C(C)(C)C)CCCS1. The van der Waals surface area contributed by atoms with E-state index in [1.165, 1.54) is 6.42 Å². The van der Waals surface area contributed by atoms with Crippen LogP contribution in [-0.2, 0) is 4.79 Å². The fourth-order valence-corrected chi connectivity index (χ4v) is 3.32. The Morgan fingerprint density at radius 2 is 2.05 bits per heavy atom. The summed E-state index contributed by atoms with van der Waals surface area (Å²) >= 11 is 1.86. The summed E-state index contributed by atoms with van der Waals surface area (Å²) in [7, 11) is 0. The normalized spacial score (nSPS) is 24.8. The zero-order chi connectivity index (χ0) is 14.7. The van der Waals surface area contributed by atoms with Crippen molar-refractivity contribution in [2.45, 2.75) is 51.3 Å². The van der Waals surface area contributed by atoms with Crippen molar-refractivity contribution in [2.75, 3.05) is 12.3 Å². The standard InChI is InChI=1S/C13H24N2O3S/c1-12(2,3)9(10(16)17)15-11(18)14-8-13(4)6-5-7-19-13/h9H,5-8H2,1-4H3,(H,16,17)(H2,14,15,18)/t9-,13?/m0/s1. The monoisotopic (exact) mass is 288 g/mol. The van der Waals surface area contributed by atoms with Gasteiger partial charge in [0.1, 0.15) is 6.04 Å². The molecule has 1 aliphatic rings. The number of carboxylic acid groups (broad SMARTS) is 1. The number of aliphatic carboxylic acids is 1. The Balaban J connectivity index is 2.47. The Bertz CT molecular complexity index is 346. The molecule has 2 amide bonds. The first kappa shape index (κ1) is 16.1. The van der Waals surface area contributed by atoms with Crippen molar-refractivity contribution in [3.63, 3.8) is 0 Å². The number of rotatable bonds is 4. The number of thioether (sulfide) groups is 1. The lowest BCUT2D eigenvalue weighted by atomic mass is 9.87. The van der Waals surface area contributed by atoms with Crippen LogP contribution in [0.25, 0.3) is 0 Å². The topological polar surface area (TPSA) is 78.4 Å². The molecule has 1 heterocycles. The third kappa shape index (κ3) is 4.93. The van der Waals surface area contributed by atoms with Gasteiger partial charge >= 0.3 is 12.0 Å². The number of hydrogen-bond acceptors (Lipinski definition) is 3. The van der Waals surface area contributed by atoms with Crippen LogP contribution < -0.4 is 10.6 Å². The van der Waals surface area contributed by atoms with Gasteiger partial charge in [-0.15, -0.1) is 0 Å². The van der Waals surface area contributed by atoms with Gasteiger partial charge in [-0.1, -0.05) is 20.8 Å². The Hall–Kier alpha value is -0.910. The zero-order valence-corrected chi connectivity index (χ0v) is 12.9. The van der Waals surface area contributed by atoms with Gasteiger partial charge in [0, 0.05) is 11.3 Å². The summed E-state index contributed by atoms with van der Waals surface area (Å²) in [4.78, 5) is 23.0. The molecule has 2 atom stereocenters. The average Bonchev–Trinajstić information content (AvgIpc) is 2.69. The highest BCUT2D eigenvalue weighted by molar-refractivity contribution is 8.00. The molecular weight excluding hydrogens is 264 g/mol. The van der Waals surface area contributed by atoms with Crippen molar-refractivity contribution >= 4 is 23.8 Å². The van der Waals surface area contributed by atoms with Crippen molar-refractivity contribution in [3.05, 3.63) is 0 Å². The van der Waals surface area contributed by atoms with E-state index in [1.807, 2.05) is 11.8 Å². The summed E-state index contributed by atoms with van der Waals surface area (Å²) in [6, 6.07) is -1.30. The first-order chi connectivity index (χ1) is 8.64. The van der Waals surface area contributed by atoms with Crippen molar-refractivity contribution in [2.24, 2.45) is 5.41 Å². The lowest BCUT2D eigenvalue weighted by Gasteiger charge is -2.29. The minimum Gasteiger partial charge on any atom is -0.480 e. The van der Waals surface area contributed by atoms with Gasteiger partial charge in [0.25, 0.3) is 0 Å². The highest BCUT2D eigenvalue weighted by Crippen LogP contribution is 2.36. The molecule has 0 spiro atoms. The van der Waals surface area contributed by atoms with Crippen LogP contribution >= 0.6 is 11.8 Å². The summed E-state index contributed by atoms with van der Waals surface area (Å²) in [5, 5.41) is 14.5. The van der Waals surface area contributed by atoms with Crippen LogP contribution in [0, 0.1) is 5.41 Å². The Morgan fingerprint density at radius 1 is 1.42 bits per heavy atom. The van der Waals surface area contributed by atoms with Gasteiger partial charge in [-0.05, 0) is 30.9 Å². The Morgan fingerprint density at radius 3 is 2.47 bits per heavy atom. The van der Waals surface area contributed by atoms with Crippen LogP contribution in [0.5, 0.6) is 0 Å². The second-order valence-electron chi connectivity index (χ2n) is 6.37. The second kappa shape index (κ2) is 6.03. The van der Waals surface area contributed by atoms with E-state index in [2.05, 4.69) is 17.6 Å². The number of carbonyl (C=O) groups excluding carboxylic acids is 1. The molecule has 19 heavy (non-hydrogen) atoms. The molecule has 0 aromatic carbocycles. The van der Waals surface area contributed by atoms with Gasteiger partial charge in [0.2, 0.25) is 0 Å². The molecule has 0 bridgehead atoms. The quantitative estimate of drug-likeness (QED) is 0.740. The van der Waals surface area contributed by atoms with Gasteiger partial charge in [0.05, 0.1) is 0 Å². The molecule has 5 nitrogen and oxygen atoms in total. The number of nitrogens with one attached hydrogen (secondary N) is 2. The maximum absolute atomic E-state index is 11.8. The summed E-state index contributed by atoms with van der Waals surface area (Å²) in [6.45, 7) is 8.07. The van der Waals surface area contributed by atoms with Crippen molar-refractivity contribution < 1.29 is 14.7 Å². The van der Waals surface area contributed by atoms with Crippen LogP contribution in [0.4, 0.5) is 4.79 Å². The number of amides is 2. The van der Waals surface area contributed by atoms with Crippen LogP contribution in [-0.4, -0.2) is 40.2 Å². The molecule has 0 radical (unpaired) electrons. The van der Waals surface area contributed by atoms with Crippen molar-refractivity contribution in [3.8, 4) is 0 Å². The van der Waals surface area contributed by atoms with Gasteiger partial charge in [-0.3, -0.25) is 0 Å². The third-order valence-corrected chi connectivity index (χ3v) is 4.85. The molecule has 0 aromatic heterocycles. The molecule has 0 aromatic rings. The predicted molar refractivity (Wildman–Crippen MR) is 77.5 cm³/mol. The molecule has 3 N–H and O–H groups in total. The molecule has 6 heteroatoms. The van der Waals surface area contributed by atoms with E-state index in [1.54, 1.807) is 20.8 Å². The van der Waals surface area contributed by atoms with E-state index in [4.69, 9.17) is 5.11 Å². The van der Waals surface area contributed by atoms with Gasteiger partial charge in [-0.2, -0.15) is 11.8 Å². The lowest BCUT2D eigenvalue weighted by Crippen LogP contribution is -2.53. The van der Waals surface area contributed by atoms with Crippen molar-refractivity contribution in [1.29, 1.82) is 0 Å². The predicted octanol–water partition coefficient (Wildman–Crippen LogP) is 2.07. The molecular formula is C13H24N2O3S. The molecule has 1 rings (SSSR count). The fourth-order valence-electron chi connectivity index (χ4n) is 2.07. The number of hydrogen-bond donors (Lipinski definition) is 3. The van der Waals surface area contributed by atoms with E-state index in [9.17, 15) is 9.59 Å². The third-order valence-electron chi connectivity index (χ3n) is 3.31. The molecule has 1 saturated heterocycles. The molecule has 1 unspecified atom stereocenters. The smallest absolute Gasteiger partial charge is 0.326 e. The van der Waals surface area contributed by atoms with Crippen LogP contribution in [0.15, 0.2) is 0 Å². The maximum atomic E-state index is 11.8. The van der Waals surface area contributed by atoms with E-state index in [0.717, 1.165) is 12.2 Å². The average molecular weight is 288 g/mol. The Kier molecular flexibility index (Phi) is 5.12. The minimum absolute atomic E-state index is 0.0811. The van der Waals surface area contributed by atoms with E-state index in [0.29, 0.717) is 6.54 Å². The minimum atomic E-state index is -1.01. The molecule has 1 aliphatic heterocycles. The highest BCUT2D eigenvalue weighted by Gasteiger charge is 2.34. The summed E-state index contributed by atoms with van der Waals surface area (Å²) in [5.41, 5.74) is -0.519. The highest BCUT2D eigenvalue weighted by atomic mass is 32.2. The van der Waals surface area contributed by atoms with Crippen LogP contribution in [0.3, 0.4) is 0 Å². The Labute approximate surface area is 118 Å². The van der Waals surface area contributed by atoms with Crippen LogP contribution in [0.1, 0.15) is 40.5 Å². The van der Waals surface area contributed by atoms with Crippen LogP contribution in [0.2, 0.25) is 0 Å². The van der Waals surface area contributed by atoms with Crippen molar-refractivity contribution in [1.82, 2.24) is 10.6 Å². The number of urea groups is 1.